The molecule has 1 aliphatic carbocycles. The van der Waals surface area contributed by atoms with Gasteiger partial charge in [0, 0.05) is 37.4 Å². The molecule has 36 heavy (non-hydrogen) atoms. The number of nitrogens with zero attached hydrogens (tertiary/aromatic N) is 5. The van der Waals surface area contributed by atoms with Crippen LogP contribution in [0.4, 0.5) is 0 Å². The summed E-state index contributed by atoms with van der Waals surface area (Å²) in [6.07, 6.45) is 3.25. The Labute approximate surface area is 226 Å². The van der Waals surface area contributed by atoms with E-state index < -0.39 is 0 Å². The Bertz CT molecular complexity index is 1480. The minimum Gasteiger partial charge on any atom is -0.304 e. The quantitative estimate of drug-likeness (QED) is 0.236. The number of hydrogen-bond acceptors (Lipinski definition) is 5. The number of rotatable bonds is 3. The van der Waals surface area contributed by atoms with Gasteiger partial charge in [-0.1, -0.05) is 65.8 Å². The molecule has 0 N–H and O–H groups in total. The van der Waals surface area contributed by atoms with Crippen LogP contribution in [-0.4, -0.2) is 19.9 Å². The van der Waals surface area contributed by atoms with Gasteiger partial charge >= 0.3 is 0 Å². The minimum absolute atomic E-state index is 0. The van der Waals surface area contributed by atoms with Crippen molar-refractivity contribution in [3.63, 3.8) is 0 Å². The van der Waals surface area contributed by atoms with Crippen LogP contribution in [0.5, 0.6) is 0 Å². The van der Waals surface area contributed by atoms with Gasteiger partial charge in [0.05, 0.1) is 11.6 Å². The first-order chi connectivity index (χ1) is 16.6. The fourth-order valence-electron chi connectivity index (χ4n) is 5.15. The van der Waals surface area contributed by atoms with Gasteiger partial charge in [0.15, 0.2) is 11.6 Å². The first-order valence-electron chi connectivity index (χ1n) is 11.8. The molecule has 0 atom stereocenters. The Balaban J connectivity index is 0.00000304. The molecule has 0 unspecified atom stereocenters. The van der Waals surface area contributed by atoms with Gasteiger partial charge in [0.1, 0.15) is 6.33 Å². The fraction of sp³-hybridized carbons (Fsp3) is 0.300. The zero-order valence-electron chi connectivity index (χ0n) is 21.3. The standard InChI is InChI=1S/C30H28N5.Ir/c1-28(2)23-13-11-19(15-24(23)29(3,4)30(28,5)6)25-14-12-21(17-32-25)26-33-18-34-27(35-26)22-10-8-7-9-20(22)16-31;/h7-10,12-15,17-18H,1-6H3;/q-1;. The van der Waals surface area contributed by atoms with E-state index in [0.29, 0.717) is 22.8 Å². The van der Waals surface area contributed by atoms with Crippen LogP contribution in [0.15, 0.2) is 61.1 Å². The Morgan fingerprint density at radius 1 is 0.833 bits per heavy atom. The van der Waals surface area contributed by atoms with E-state index in [-0.39, 0.29) is 36.4 Å². The summed E-state index contributed by atoms with van der Waals surface area (Å²) in [6, 6.07) is 21.3. The van der Waals surface area contributed by atoms with Crippen molar-refractivity contribution in [3.05, 3.63) is 83.8 Å². The Morgan fingerprint density at radius 3 is 2.22 bits per heavy atom. The second kappa shape index (κ2) is 9.00. The third-order valence-corrected chi connectivity index (χ3v) is 8.58. The normalized spacial score (nSPS) is 16.5. The monoisotopic (exact) mass is 651 g/mol. The SMILES string of the molecule is CC1(C)c2c[c-]c(-c3ccc(-c4ncnc(-c5ccccc5C#N)n4)cn3)cc2C(C)(C)C1(C)C.[Ir]. The topological polar surface area (TPSA) is 75.3 Å². The Hall–Kier alpha value is -3.26. The van der Waals surface area contributed by atoms with Gasteiger partial charge in [-0.05, 0) is 34.1 Å². The molecule has 0 saturated heterocycles. The van der Waals surface area contributed by atoms with Crippen molar-refractivity contribution in [3.8, 4) is 40.1 Å². The minimum atomic E-state index is 0. The summed E-state index contributed by atoms with van der Waals surface area (Å²) in [7, 11) is 0. The molecule has 1 radical (unpaired) electrons. The van der Waals surface area contributed by atoms with Crippen molar-refractivity contribution in [2.45, 2.75) is 52.4 Å². The van der Waals surface area contributed by atoms with Gasteiger partial charge in [-0.25, -0.2) is 15.0 Å². The van der Waals surface area contributed by atoms with Crippen LogP contribution in [0.1, 0.15) is 58.2 Å². The third-order valence-electron chi connectivity index (χ3n) is 8.58. The zero-order chi connectivity index (χ0) is 25.0. The van der Waals surface area contributed by atoms with Crippen LogP contribution in [0.25, 0.3) is 34.0 Å². The van der Waals surface area contributed by atoms with Crippen LogP contribution in [-0.2, 0) is 30.9 Å². The molecule has 0 bridgehead atoms. The Kier molecular flexibility index (Phi) is 6.45. The molecule has 0 amide bonds. The second-order valence-corrected chi connectivity index (χ2v) is 10.8. The summed E-state index contributed by atoms with van der Waals surface area (Å²) in [5.41, 5.74) is 6.76. The van der Waals surface area contributed by atoms with Gasteiger partial charge in [-0.2, -0.15) is 5.26 Å². The summed E-state index contributed by atoms with van der Waals surface area (Å²) < 4.78 is 0. The predicted octanol–water partition coefficient (Wildman–Crippen LogP) is 6.53. The maximum absolute atomic E-state index is 9.42. The van der Waals surface area contributed by atoms with E-state index in [1.54, 1.807) is 12.3 Å². The molecule has 183 valence electrons. The van der Waals surface area contributed by atoms with E-state index in [4.69, 9.17) is 4.98 Å². The van der Waals surface area contributed by atoms with Crippen molar-refractivity contribution in [2.75, 3.05) is 0 Å². The van der Waals surface area contributed by atoms with E-state index in [9.17, 15) is 5.26 Å². The largest absolute Gasteiger partial charge is 0.304 e. The Morgan fingerprint density at radius 2 is 1.53 bits per heavy atom. The molecule has 2 heterocycles. The smallest absolute Gasteiger partial charge is 0.164 e. The van der Waals surface area contributed by atoms with Crippen molar-refractivity contribution < 1.29 is 20.1 Å². The summed E-state index contributed by atoms with van der Waals surface area (Å²) in [5, 5.41) is 9.42. The molecular weight excluding hydrogens is 623 g/mol. The van der Waals surface area contributed by atoms with Gasteiger partial charge < -0.3 is 4.98 Å². The van der Waals surface area contributed by atoms with Crippen LogP contribution >= 0.6 is 0 Å². The number of pyridine rings is 1. The molecule has 1 aliphatic rings. The number of aromatic nitrogens is 4. The molecule has 2 aromatic carbocycles. The van der Waals surface area contributed by atoms with Crippen LogP contribution in [0.3, 0.4) is 0 Å². The van der Waals surface area contributed by atoms with Crippen molar-refractivity contribution in [1.82, 2.24) is 19.9 Å². The van der Waals surface area contributed by atoms with Gasteiger partial charge in [-0.3, -0.25) is 0 Å². The molecule has 0 spiro atoms. The number of nitriles is 1. The first-order valence-corrected chi connectivity index (χ1v) is 11.8. The van der Waals surface area contributed by atoms with E-state index in [2.05, 4.69) is 80.8 Å². The third kappa shape index (κ3) is 3.79. The molecule has 6 heteroatoms. The molecule has 0 fully saturated rings. The first kappa shape index (κ1) is 25.8. The summed E-state index contributed by atoms with van der Waals surface area (Å²) in [5.74, 6) is 0.986. The van der Waals surface area contributed by atoms with Crippen LogP contribution in [0.2, 0.25) is 0 Å². The number of fused-ring (bicyclic) bond motifs is 1. The predicted molar refractivity (Wildman–Crippen MR) is 137 cm³/mol. The summed E-state index contributed by atoms with van der Waals surface area (Å²) in [6.45, 7) is 14.1. The van der Waals surface area contributed by atoms with Crippen molar-refractivity contribution >= 4 is 0 Å². The molecule has 5 rings (SSSR count). The average Bonchev–Trinajstić information content (AvgIpc) is 2.98. The fourth-order valence-corrected chi connectivity index (χ4v) is 5.15. The van der Waals surface area contributed by atoms with Crippen LogP contribution < -0.4 is 0 Å². The number of benzene rings is 2. The average molecular weight is 651 g/mol. The van der Waals surface area contributed by atoms with Crippen molar-refractivity contribution in [2.24, 2.45) is 5.41 Å². The maximum atomic E-state index is 9.42. The van der Waals surface area contributed by atoms with Gasteiger partial charge in [0.25, 0.3) is 0 Å². The van der Waals surface area contributed by atoms with Gasteiger partial charge in [0.2, 0.25) is 0 Å². The van der Waals surface area contributed by atoms with E-state index in [1.165, 1.54) is 17.5 Å². The molecule has 2 aromatic heterocycles. The van der Waals surface area contributed by atoms with E-state index in [0.717, 1.165) is 16.8 Å². The van der Waals surface area contributed by atoms with Crippen molar-refractivity contribution in [1.29, 1.82) is 5.26 Å². The molecule has 4 aromatic rings. The summed E-state index contributed by atoms with van der Waals surface area (Å²) in [4.78, 5) is 17.9. The maximum Gasteiger partial charge on any atom is 0.164 e. The van der Waals surface area contributed by atoms with Gasteiger partial charge in [-0.15, -0.1) is 34.9 Å². The van der Waals surface area contributed by atoms with Crippen LogP contribution in [0, 0.1) is 22.8 Å². The summed E-state index contributed by atoms with van der Waals surface area (Å²) >= 11 is 0. The molecule has 0 saturated carbocycles. The molecular formula is C30H28IrN5-. The molecule has 0 aliphatic heterocycles. The molecule has 5 nitrogen and oxygen atoms in total. The zero-order valence-corrected chi connectivity index (χ0v) is 23.7. The van der Waals surface area contributed by atoms with E-state index >= 15 is 0 Å². The number of hydrogen-bond donors (Lipinski definition) is 0. The van der Waals surface area contributed by atoms with E-state index in [1.807, 2.05) is 30.3 Å². The second-order valence-electron chi connectivity index (χ2n) is 10.8.